The number of ether oxygens (including phenoxy) is 3. The Hall–Kier alpha value is -2.81. The van der Waals surface area contributed by atoms with Crippen molar-refractivity contribution in [1.82, 2.24) is 20.7 Å². The highest BCUT2D eigenvalue weighted by Gasteiger charge is 2.34. The molecule has 8 nitrogen and oxygen atoms in total. The number of hydrogen-bond donors (Lipinski definition) is 2. The van der Waals surface area contributed by atoms with Crippen LogP contribution in [0.1, 0.15) is 34.7 Å². The van der Waals surface area contributed by atoms with E-state index in [-0.39, 0.29) is 18.0 Å². The normalized spacial score (nSPS) is 20.9. The Bertz CT molecular complexity index is 1020. The first kappa shape index (κ1) is 24.3. The van der Waals surface area contributed by atoms with Gasteiger partial charge in [-0.2, -0.15) is 0 Å². The molecular formula is C26H36N4O4. The molecule has 0 aliphatic carbocycles. The van der Waals surface area contributed by atoms with Crippen molar-refractivity contribution in [2.75, 3.05) is 47.5 Å². The highest BCUT2D eigenvalue weighted by atomic mass is 16.5. The van der Waals surface area contributed by atoms with Gasteiger partial charge in [0.05, 0.1) is 21.3 Å². The van der Waals surface area contributed by atoms with Crippen molar-refractivity contribution in [3.05, 3.63) is 52.6 Å². The predicted octanol–water partition coefficient (Wildman–Crippen LogP) is 2.58. The highest BCUT2D eigenvalue weighted by molar-refractivity contribution is 5.82. The van der Waals surface area contributed by atoms with Gasteiger partial charge in [-0.15, -0.1) is 0 Å². The number of hydrogen-bond acceptors (Lipinski definition) is 7. The van der Waals surface area contributed by atoms with E-state index in [2.05, 4.69) is 47.8 Å². The fourth-order valence-corrected chi connectivity index (χ4v) is 5.01. The topological polar surface area (TPSA) is 75.3 Å². The lowest BCUT2D eigenvalue weighted by atomic mass is 9.96. The molecule has 2 heterocycles. The van der Waals surface area contributed by atoms with Crippen LogP contribution in [0.15, 0.2) is 30.3 Å². The molecule has 0 bridgehead atoms. The summed E-state index contributed by atoms with van der Waals surface area (Å²) < 4.78 is 16.5. The van der Waals surface area contributed by atoms with Crippen LogP contribution in [0.25, 0.3) is 0 Å². The molecule has 2 fully saturated rings. The first-order chi connectivity index (χ1) is 16.4. The molecule has 184 valence electrons. The van der Waals surface area contributed by atoms with Crippen molar-refractivity contribution in [2.45, 2.75) is 38.9 Å². The van der Waals surface area contributed by atoms with E-state index >= 15 is 0 Å². The van der Waals surface area contributed by atoms with E-state index in [0.717, 1.165) is 31.6 Å². The number of piperazine rings is 1. The molecule has 8 heteroatoms. The van der Waals surface area contributed by atoms with Gasteiger partial charge >= 0.3 is 0 Å². The van der Waals surface area contributed by atoms with E-state index < -0.39 is 0 Å². The zero-order chi connectivity index (χ0) is 24.2. The number of aryl methyl sites for hydroxylation is 2. The average molecular weight is 469 g/mol. The summed E-state index contributed by atoms with van der Waals surface area (Å²) in [6, 6.07) is 10.3. The second-order valence-electron chi connectivity index (χ2n) is 9.08. The van der Waals surface area contributed by atoms with Gasteiger partial charge in [0.25, 0.3) is 0 Å². The Balaban J connectivity index is 1.33. The summed E-state index contributed by atoms with van der Waals surface area (Å²) in [5.41, 5.74) is 11.4. The van der Waals surface area contributed by atoms with Gasteiger partial charge in [0, 0.05) is 44.3 Å². The Morgan fingerprint density at radius 3 is 2.32 bits per heavy atom. The quantitative estimate of drug-likeness (QED) is 0.647. The largest absolute Gasteiger partial charge is 0.493 e. The molecule has 0 radical (unpaired) electrons. The lowest BCUT2D eigenvalue weighted by Gasteiger charge is -2.36. The number of nitrogens with one attached hydrogen (secondary N) is 2. The van der Waals surface area contributed by atoms with Crippen molar-refractivity contribution < 1.29 is 19.0 Å². The van der Waals surface area contributed by atoms with Crippen LogP contribution < -0.4 is 25.1 Å². The van der Waals surface area contributed by atoms with E-state index in [1.54, 1.807) is 21.3 Å². The zero-order valence-corrected chi connectivity index (χ0v) is 20.8. The number of rotatable bonds is 7. The smallest absolute Gasteiger partial charge is 0.241 e. The lowest BCUT2D eigenvalue weighted by Crippen LogP contribution is -2.53. The number of benzene rings is 2. The van der Waals surface area contributed by atoms with Crippen LogP contribution in [-0.4, -0.2) is 69.3 Å². The summed E-state index contributed by atoms with van der Waals surface area (Å²) in [6.07, 6.45) is 0.756. The van der Waals surface area contributed by atoms with Crippen LogP contribution in [0, 0.1) is 13.8 Å². The number of carbonyl (C=O) groups excluding carboxylic acids is 1. The second kappa shape index (κ2) is 10.6. The summed E-state index contributed by atoms with van der Waals surface area (Å²) in [4.78, 5) is 17.5. The number of hydrazine groups is 1. The molecule has 2 atom stereocenters. The van der Waals surface area contributed by atoms with E-state index in [1.807, 2.05) is 17.0 Å². The van der Waals surface area contributed by atoms with Gasteiger partial charge in [-0.25, -0.2) is 10.9 Å². The molecule has 0 spiro atoms. The third kappa shape index (κ3) is 4.99. The maximum atomic E-state index is 13.2. The van der Waals surface area contributed by atoms with E-state index in [0.29, 0.717) is 30.3 Å². The van der Waals surface area contributed by atoms with Crippen LogP contribution >= 0.6 is 0 Å². The summed E-state index contributed by atoms with van der Waals surface area (Å²) in [7, 11) is 4.88. The van der Waals surface area contributed by atoms with Gasteiger partial charge in [0.15, 0.2) is 11.5 Å². The maximum absolute atomic E-state index is 13.2. The van der Waals surface area contributed by atoms with Crippen molar-refractivity contribution in [1.29, 1.82) is 0 Å². The molecule has 2 unspecified atom stereocenters. The minimum Gasteiger partial charge on any atom is -0.493 e. The highest BCUT2D eigenvalue weighted by Crippen LogP contribution is 2.40. The van der Waals surface area contributed by atoms with Gasteiger partial charge in [0.1, 0.15) is 6.04 Å². The number of methoxy groups -OCH3 is 3. The SMILES string of the molecule is COc1ccc(CN2CCN(C(=O)C3CC(c4ccc(C)cc4C)NN3)CC2)c(OC)c1OC. The standard InChI is InChI=1S/C26H36N4O4/c1-17-6-8-20(18(2)14-17)21-15-22(28-27-21)26(31)30-12-10-29(11-13-30)16-19-7-9-23(32-3)25(34-5)24(19)33-4/h6-9,14,21-22,27-28H,10-13,15-16H2,1-5H3. The second-order valence-corrected chi connectivity index (χ2v) is 9.08. The Kier molecular flexibility index (Phi) is 7.60. The molecule has 2 saturated heterocycles. The van der Waals surface area contributed by atoms with E-state index in [1.165, 1.54) is 16.7 Å². The molecule has 2 aliphatic rings. The third-order valence-corrected chi connectivity index (χ3v) is 6.87. The first-order valence-electron chi connectivity index (χ1n) is 11.8. The monoisotopic (exact) mass is 468 g/mol. The number of amides is 1. The summed E-state index contributed by atoms with van der Waals surface area (Å²) in [5.74, 6) is 2.12. The Morgan fingerprint density at radius 1 is 0.941 bits per heavy atom. The first-order valence-corrected chi connectivity index (χ1v) is 11.8. The van der Waals surface area contributed by atoms with Crippen LogP contribution in [0.5, 0.6) is 17.2 Å². The third-order valence-electron chi connectivity index (χ3n) is 6.87. The lowest BCUT2D eigenvalue weighted by molar-refractivity contribution is -0.135. The molecule has 2 N–H and O–H groups in total. The number of nitrogens with zero attached hydrogens (tertiary/aromatic N) is 2. The Labute approximate surface area is 202 Å². The van der Waals surface area contributed by atoms with Gasteiger partial charge < -0.3 is 19.1 Å². The zero-order valence-electron chi connectivity index (χ0n) is 20.8. The fourth-order valence-electron chi connectivity index (χ4n) is 5.01. The van der Waals surface area contributed by atoms with Crippen LogP contribution in [0.2, 0.25) is 0 Å². The van der Waals surface area contributed by atoms with Crippen LogP contribution in [0.4, 0.5) is 0 Å². The molecule has 1 amide bonds. The van der Waals surface area contributed by atoms with Crippen LogP contribution in [0.3, 0.4) is 0 Å². The van der Waals surface area contributed by atoms with Crippen molar-refractivity contribution in [3.63, 3.8) is 0 Å². The van der Waals surface area contributed by atoms with Gasteiger partial charge in [0.2, 0.25) is 11.7 Å². The molecule has 2 aromatic carbocycles. The minimum atomic E-state index is -0.205. The molecule has 2 aromatic rings. The summed E-state index contributed by atoms with van der Waals surface area (Å²) in [5, 5.41) is 0. The fraction of sp³-hybridized carbons (Fsp3) is 0.500. The summed E-state index contributed by atoms with van der Waals surface area (Å²) >= 11 is 0. The summed E-state index contributed by atoms with van der Waals surface area (Å²) in [6.45, 7) is 8.00. The predicted molar refractivity (Wildman–Crippen MR) is 131 cm³/mol. The molecule has 2 aliphatic heterocycles. The van der Waals surface area contributed by atoms with Crippen molar-refractivity contribution >= 4 is 5.91 Å². The number of carbonyl (C=O) groups is 1. The van der Waals surface area contributed by atoms with E-state index in [9.17, 15) is 4.79 Å². The maximum Gasteiger partial charge on any atom is 0.241 e. The van der Waals surface area contributed by atoms with Crippen molar-refractivity contribution in [2.24, 2.45) is 0 Å². The molecule has 34 heavy (non-hydrogen) atoms. The Morgan fingerprint density at radius 2 is 1.68 bits per heavy atom. The minimum absolute atomic E-state index is 0.147. The van der Waals surface area contributed by atoms with Gasteiger partial charge in [-0.1, -0.05) is 29.8 Å². The molecule has 0 aromatic heterocycles. The van der Waals surface area contributed by atoms with Gasteiger partial charge in [-0.3, -0.25) is 9.69 Å². The van der Waals surface area contributed by atoms with E-state index in [4.69, 9.17) is 14.2 Å². The molecular weight excluding hydrogens is 432 g/mol. The molecule has 0 saturated carbocycles. The van der Waals surface area contributed by atoms with Gasteiger partial charge in [-0.05, 0) is 37.5 Å². The van der Waals surface area contributed by atoms with Crippen molar-refractivity contribution in [3.8, 4) is 17.2 Å². The average Bonchev–Trinajstić information content (AvgIpc) is 3.33. The van der Waals surface area contributed by atoms with Crippen LogP contribution in [-0.2, 0) is 11.3 Å². The molecule has 4 rings (SSSR count).